The number of rotatable bonds is 7. The molecule has 0 radical (unpaired) electrons. The van der Waals surface area contributed by atoms with Crippen molar-refractivity contribution in [2.24, 2.45) is 5.10 Å². The third-order valence-electron chi connectivity index (χ3n) is 3.34. The van der Waals surface area contributed by atoms with Gasteiger partial charge in [-0.2, -0.15) is 5.10 Å². The molecule has 0 aliphatic carbocycles. The number of benzene rings is 2. The van der Waals surface area contributed by atoms with Gasteiger partial charge in [0.05, 0.1) is 6.21 Å². The van der Waals surface area contributed by atoms with Crippen molar-refractivity contribution in [3.8, 4) is 5.75 Å². The SMILES string of the molecule is CCNC(=O)C(=O)N/N=C\c1ccccc1OCC(=O)Nc1cc(Cl)cc(Cl)c1. The van der Waals surface area contributed by atoms with E-state index in [1.54, 1.807) is 49.4 Å². The molecule has 0 fully saturated rings. The van der Waals surface area contributed by atoms with E-state index in [1.807, 2.05) is 0 Å². The Labute approximate surface area is 177 Å². The predicted octanol–water partition coefficient (Wildman–Crippen LogP) is 2.60. The molecule has 2 aromatic carbocycles. The number of anilines is 1. The van der Waals surface area contributed by atoms with Gasteiger partial charge in [0.15, 0.2) is 6.61 Å². The highest BCUT2D eigenvalue weighted by Gasteiger charge is 2.11. The van der Waals surface area contributed by atoms with Crippen LogP contribution in [-0.2, 0) is 14.4 Å². The van der Waals surface area contributed by atoms with Crippen LogP contribution < -0.4 is 20.8 Å². The lowest BCUT2D eigenvalue weighted by Crippen LogP contribution is -2.37. The molecule has 0 saturated carbocycles. The monoisotopic (exact) mass is 436 g/mol. The maximum atomic E-state index is 12.1. The molecule has 0 unspecified atom stereocenters. The molecule has 0 aliphatic heterocycles. The lowest BCUT2D eigenvalue weighted by Gasteiger charge is -2.10. The van der Waals surface area contributed by atoms with Gasteiger partial charge in [-0.25, -0.2) is 5.43 Å². The number of hydrogen-bond acceptors (Lipinski definition) is 5. The molecule has 10 heteroatoms. The van der Waals surface area contributed by atoms with Crippen molar-refractivity contribution in [1.29, 1.82) is 0 Å². The van der Waals surface area contributed by atoms with Crippen molar-refractivity contribution in [3.05, 3.63) is 58.1 Å². The van der Waals surface area contributed by atoms with E-state index in [4.69, 9.17) is 27.9 Å². The van der Waals surface area contributed by atoms with Crippen molar-refractivity contribution in [3.63, 3.8) is 0 Å². The molecule has 3 amide bonds. The number of nitrogens with zero attached hydrogens (tertiary/aromatic N) is 1. The van der Waals surface area contributed by atoms with E-state index in [2.05, 4.69) is 21.2 Å². The minimum Gasteiger partial charge on any atom is -0.483 e. The summed E-state index contributed by atoms with van der Waals surface area (Å²) in [6.07, 6.45) is 1.31. The van der Waals surface area contributed by atoms with Crippen LogP contribution in [0.3, 0.4) is 0 Å². The molecular weight excluding hydrogens is 419 g/mol. The molecule has 0 saturated heterocycles. The van der Waals surface area contributed by atoms with Gasteiger partial charge in [-0.15, -0.1) is 0 Å². The zero-order chi connectivity index (χ0) is 21.2. The number of nitrogens with one attached hydrogen (secondary N) is 3. The Balaban J connectivity index is 1.94. The second-order valence-corrected chi connectivity index (χ2v) is 6.46. The van der Waals surface area contributed by atoms with Gasteiger partial charge in [-0.3, -0.25) is 14.4 Å². The molecule has 8 nitrogen and oxygen atoms in total. The highest BCUT2D eigenvalue weighted by atomic mass is 35.5. The van der Waals surface area contributed by atoms with Crippen LogP contribution in [0.5, 0.6) is 5.75 Å². The van der Waals surface area contributed by atoms with Crippen LogP contribution in [0, 0.1) is 0 Å². The number of likely N-dealkylation sites (N-methyl/N-ethyl adjacent to an activating group) is 1. The Hall–Kier alpha value is -3.10. The second kappa shape index (κ2) is 11.0. The molecule has 0 bridgehead atoms. The summed E-state index contributed by atoms with van der Waals surface area (Å²) in [4.78, 5) is 34.9. The fraction of sp³-hybridized carbons (Fsp3) is 0.158. The van der Waals surface area contributed by atoms with Gasteiger partial charge in [0, 0.05) is 27.8 Å². The van der Waals surface area contributed by atoms with Crippen LogP contribution in [0.25, 0.3) is 0 Å². The first-order chi connectivity index (χ1) is 13.9. The summed E-state index contributed by atoms with van der Waals surface area (Å²) in [5, 5.41) is 9.49. The van der Waals surface area contributed by atoms with Crippen LogP contribution in [0.15, 0.2) is 47.6 Å². The van der Waals surface area contributed by atoms with E-state index < -0.39 is 17.7 Å². The Morgan fingerprint density at radius 2 is 1.76 bits per heavy atom. The maximum absolute atomic E-state index is 12.1. The third kappa shape index (κ3) is 7.44. The van der Waals surface area contributed by atoms with Crippen LogP contribution in [0.4, 0.5) is 5.69 Å². The molecular formula is C19H18Cl2N4O4. The lowest BCUT2D eigenvalue weighted by atomic mass is 10.2. The fourth-order valence-electron chi connectivity index (χ4n) is 2.14. The number of para-hydroxylation sites is 1. The molecule has 0 heterocycles. The van der Waals surface area contributed by atoms with Crippen molar-refractivity contribution < 1.29 is 19.1 Å². The number of carbonyl (C=O) groups is 3. The van der Waals surface area contributed by atoms with Crippen LogP contribution >= 0.6 is 23.2 Å². The van der Waals surface area contributed by atoms with Crippen molar-refractivity contribution in [2.45, 2.75) is 6.92 Å². The molecule has 0 spiro atoms. The number of hydrazone groups is 1. The van der Waals surface area contributed by atoms with Crippen LogP contribution in [0.2, 0.25) is 10.0 Å². The number of halogens is 2. The minimum absolute atomic E-state index is 0.278. The van der Waals surface area contributed by atoms with Crippen molar-refractivity contribution >= 4 is 52.8 Å². The van der Waals surface area contributed by atoms with E-state index in [9.17, 15) is 14.4 Å². The predicted molar refractivity (Wildman–Crippen MR) is 111 cm³/mol. The van der Waals surface area contributed by atoms with E-state index in [-0.39, 0.29) is 6.61 Å². The van der Waals surface area contributed by atoms with Crippen LogP contribution in [-0.4, -0.2) is 37.1 Å². The minimum atomic E-state index is -0.888. The van der Waals surface area contributed by atoms with E-state index >= 15 is 0 Å². The molecule has 0 aromatic heterocycles. The van der Waals surface area contributed by atoms with E-state index in [0.29, 0.717) is 33.6 Å². The normalized spacial score (nSPS) is 10.4. The third-order valence-corrected chi connectivity index (χ3v) is 3.77. The summed E-state index contributed by atoms with van der Waals surface area (Å²) in [7, 11) is 0. The van der Waals surface area contributed by atoms with Gasteiger partial charge in [-0.05, 0) is 37.3 Å². The largest absolute Gasteiger partial charge is 0.483 e. The smallest absolute Gasteiger partial charge is 0.329 e. The topological polar surface area (TPSA) is 109 Å². The summed E-state index contributed by atoms with van der Waals surface area (Å²) in [5.74, 6) is -1.73. The molecule has 2 rings (SSSR count). The number of hydrogen-bond donors (Lipinski definition) is 3. The number of ether oxygens (including phenoxy) is 1. The quantitative estimate of drug-likeness (QED) is 0.352. The van der Waals surface area contributed by atoms with Gasteiger partial charge in [0.2, 0.25) is 0 Å². The molecule has 2 aromatic rings. The molecule has 152 valence electrons. The Morgan fingerprint density at radius 3 is 2.45 bits per heavy atom. The lowest BCUT2D eigenvalue weighted by molar-refractivity contribution is -0.139. The highest BCUT2D eigenvalue weighted by molar-refractivity contribution is 6.35. The summed E-state index contributed by atoms with van der Waals surface area (Å²) in [6, 6.07) is 11.4. The van der Waals surface area contributed by atoms with E-state index in [1.165, 1.54) is 6.21 Å². The van der Waals surface area contributed by atoms with Crippen molar-refractivity contribution in [1.82, 2.24) is 10.7 Å². The highest BCUT2D eigenvalue weighted by Crippen LogP contribution is 2.22. The Morgan fingerprint density at radius 1 is 1.07 bits per heavy atom. The first-order valence-corrected chi connectivity index (χ1v) is 9.23. The summed E-state index contributed by atoms with van der Waals surface area (Å²) >= 11 is 11.8. The molecule has 3 N–H and O–H groups in total. The number of amides is 3. The molecule has 0 atom stereocenters. The zero-order valence-corrected chi connectivity index (χ0v) is 16.9. The summed E-state index contributed by atoms with van der Waals surface area (Å²) < 4.78 is 5.51. The second-order valence-electron chi connectivity index (χ2n) is 5.59. The van der Waals surface area contributed by atoms with Crippen LogP contribution in [0.1, 0.15) is 12.5 Å². The number of carbonyl (C=O) groups excluding carboxylic acids is 3. The summed E-state index contributed by atoms with van der Waals surface area (Å²) in [6.45, 7) is 1.75. The standard InChI is InChI=1S/C19H18Cl2N4O4/c1-2-22-18(27)19(28)25-23-10-12-5-3-4-6-16(12)29-11-17(26)24-15-8-13(20)7-14(21)9-15/h3-10H,2,11H2,1H3,(H,22,27)(H,24,26)(H,25,28)/b23-10-. The fourth-order valence-corrected chi connectivity index (χ4v) is 2.66. The van der Waals surface area contributed by atoms with Gasteiger partial charge < -0.3 is 15.4 Å². The average Bonchev–Trinajstić information content (AvgIpc) is 2.66. The average molecular weight is 437 g/mol. The maximum Gasteiger partial charge on any atom is 0.329 e. The van der Waals surface area contributed by atoms with Gasteiger partial charge in [0.25, 0.3) is 5.91 Å². The first kappa shape index (κ1) is 22.2. The Kier molecular flexibility index (Phi) is 8.45. The van der Waals surface area contributed by atoms with Gasteiger partial charge in [0.1, 0.15) is 5.75 Å². The molecule has 0 aliphatic rings. The van der Waals surface area contributed by atoms with E-state index in [0.717, 1.165) is 0 Å². The zero-order valence-electron chi connectivity index (χ0n) is 15.4. The van der Waals surface area contributed by atoms with Gasteiger partial charge >= 0.3 is 11.8 Å². The Bertz CT molecular complexity index is 914. The van der Waals surface area contributed by atoms with Gasteiger partial charge in [-0.1, -0.05) is 35.3 Å². The first-order valence-electron chi connectivity index (χ1n) is 8.48. The molecule has 29 heavy (non-hydrogen) atoms. The summed E-state index contributed by atoms with van der Waals surface area (Å²) in [5.41, 5.74) is 3.06. The van der Waals surface area contributed by atoms with Crippen molar-refractivity contribution in [2.75, 3.05) is 18.5 Å².